The number of likely N-dealkylation sites (tertiary alicyclic amines) is 1. The summed E-state index contributed by atoms with van der Waals surface area (Å²) in [7, 11) is 0. The lowest BCUT2D eigenvalue weighted by molar-refractivity contribution is -0.123. The van der Waals surface area contributed by atoms with E-state index in [-0.39, 0.29) is 11.8 Å². The first kappa shape index (κ1) is 13.7. The number of benzene rings is 1. The molecule has 0 bridgehead atoms. The van der Waals surface area contributed by atoms with Gasteiger partial charge < -0.3 is 5.73 Å². The van der Waals surface area contributed by atoms with Gasteiger partial charge in [0.2, 0.25) is 5.91 Å². The molecule has 0 aromatic heterocycles. The largest absolute Gasteiger partial charge is 0.369 e. The molecule has 1 amide bonds. The van der Waals surface area contributed by atoms with Crippen LogP contribution in [-0.4, -0.2) is 23.9 Å². The van der Waals surface area contributed by atoms with Gasteiger partial charge in [0.05, 0.1) is 0 Å². The Morgan fingerprint density at radius 2 is 1.83 bits per heavy atom. The van der Waals surface area contributed by atoms with Crippen LogP contribution in [0, 0.1) is 5.92 Å². The van der Waals surface area contributed by atoms with Gasteiger partial charge in [0.25, 0.3) is 0 Å². The summed E-state index contributed by atoms with van der Waals surface area (Å²) in [5.41, 5.74) is 6.27. The van der Waals surface area contributed by atoms with Crippen LogP contribution < -0.4 is 5.73 Å². The number of hydrogen-bond acceptors (Lipinski definition) is 2. The van der Waals surface area contributed by atoms with Crippen LogP contribution in [0.3, 0.4) is 0 Å². The van der Waals surface area contributed by atoms with Gasteiger partial charge in [-0.15, -0.1) is 0 Å². The number of carbonyl (C=O) groups is 1. The number of halogens is 2. The topological polar surface area (TPSA) is 46.3 Å². The van der Waals surface area contributed by atoms with E-state index in [0.29, 0.717) is 10.0 Å². The summed E-state index contributed by atoms with van der Waals surface area (Å²) in [4.78, 5) is 13.3. The zero-order valence-corrected chi connectivity index (χ0v) is 11.5. The quantitative estimate of drug-likeness (QED) is 0.929. The van der Waals surface area contributed by atoms with E-state index < -0.39 is 0 Å². The zero-order valence-electron chi connectivity index (χ0n) is 10.0. The van der Waals surface area contributed by atoms with Crippen LogP contribution in [0.5, 0.6) is 0 Å². The lowest BCUT2D eigenvalue weighted by atomic mass is 9.96. The number of amides is 1. The van der Waals surface area contributed by atoms with Crippen LogP contribution in [0.15, 0.2) is 18.2 Å². The molecule has 1 aromatic rings. The highest BCUT2D eigenvalue weighted by atomic mass is 35.5. The number of primary amides is 1. The third kappa shape index (κ3) is 3.16. The Bertz CT molecular complexity index is 422. The Balaban J connectivity index is 1.98. The van der Waals surface area contributed by atoms with Crippen molar-refractivity contribution < 1.29 is 4.79 Å². The van der Waals surface area contributed by atoms with Gasteiger partial charge in [-0.3, -0.25) is 9.69 Å². The average Bonchev–Trinajstić information content (AvgIpc) is 2.34. The summed E-state index contributed by atoms with van der Waals surface area (Å²) >= 11 is 12.3. The number of nitrogens with two attached hydrogens (primary N) is 1. The lowest BCUT2D eigenvalue weighted by Crippen LogP contribution is -2.38. The van der Waals surface area contributed by atoms with Crippen LogP contribution in [-0.2, 0) is 11.3 Å². The number of nitrogens with zero attached hydrogens (tertiary/aromatic N) is 1. The van der Waals surface area contributed by atoms with Crippen LogP contribution >= 0.6 is 23.2 Å². The van der Waals surface area contributed by atoms with Gasteiger partial charge in [-0.05, 0) is 38.1 Å². The van der Waals surface area contributed by atoms with Crippen molar-refractivity contribution in [3.05, 3.63) is 33.8 Å². The first-order valence-electron chi connectivity index (χ1n) is 6.02. The Morgan fingerprint density at radius 3 is 2.33 bits per heavy atom. The molecule has 0 spiro atoms. The highest BCUT2D eigenvalue weighted by Gasteiger charge is 2.23. The molecule has 1 aromatic carbocycles. The zero-order chi connectivity index (χ0) is 13.1. The molecule has 98 valence electrons. The maximum absolute atomic E-state index is 11.1. The Morgan fingerprint density at radius 1 is 1.28 bits per heavy atom. The molecule has 0 radical (unpaired) electrons. The van der Waals surface area contributed by atoms with Gasteiger partial charge >= 0.3 is 0 Å². The summed E-state index contributed by atoms with van der Waals surface area (Å²) in [6.45, 7) is 2.44. The second-order valence-electron chi connectivity index (χ2n) is 4.65. The third-order valence-electron chi connectivity index (χ3n) is 3.43. The van der Waals surface area contributed by atoms with E-state index in [9.17, 15) is 4.79 Å². The molecular formula is C13H16Cl2N2O. The second-order valence-corrected chi connectivity index (χ2v) is 5.47. The summed E-state index contributed by atoms with van der Waals surface area (Å²) in [6, 6.07) is 5.53. The fraction of sp³-hybridized carbons (Fsp3) is 0.462. The third-order valence-corrected chi connectivity index (χ3v) is 4.14. The monoisotopic (exact) mass is 286 g/mol. The molecule has 2 rings (SSSR count). The maximum Gasteiger partial charge on any atom is 0.220 e. The molecular weight excluding hydrogens is 271 g/mol. The molecule has 3 nitrogen and oxygen atoms in total. The molecule has 1 fully saturated rings. The number of hydrogen-bond donors (Lipinski definition) is 1. The predicted molar refractivity (Wildman–Crippen MR) is 73.7 cm³/mol. The first-order chi connectivity index (χ1) is 8.58. The summed E-state index contributed by atoms with van der Waals surface area (Å²) in [6.07, 6.45) is 1.63. The Kier molecular flexibility index (Phi) is 4.49. The highest BCUT2D eigenvalue weighted by Crippen LogP contribution is 2.27. The van der Waals surface area contributed by atoms with Crippen molar-refractivity contribution in [2.24, 2.45) is 11.7 Å². The van der Waals surface area contributed by atoms with Gasteiger partial charge in [0.1, 0.15) is 0 Å². The molecule has 0 unspecified atom stereocenters. The van der Waals surface area contributed by atoms with E-state index >= 15 is 0 Å². The van der Waals surface area contributed by atoms with Crippen LogP contribution in [0.25, 0.3) is 0 Å². The van der Waals surface area contributed by atoms with Crippen molar-refractivity contribution in [2.45, 2.75) is 19.4 Å². The van der Waals surface area contributed by atoms with Gasteiger partial charge in [-0.1, -0.05) is 29.3 Å². The first-order valence-corrected chi connectivity index (χ1v) is 6.78. The molecule has 5 heteroatoms. The summed E-state index contributed by atoms with van der Waals surface area (Å²) in [5.74, 6) is -0.173. The van der Waals surface area contributed by atoms with E-state index in [1.54, 1.807) is 0 Å². The highest BCUT2D eigenvalue weighted by molar-refractivity contribution is 6.35. The summed E-state index contributed by atoms with van der Waals surface area (Å²) < 4.78 is 0. The second kappa shape index (κ2) is 5.91. The minimum absolute atomic E-state index is 0.0166. The molecule has 1 heterocycles. The van der Waals surface area contributed by atoms with E-state index in [1.165, 1.54) is 0 Å². The summed E-state index contributed by atoms with van der Waals surface area (Å²) in [5, 5.41) is 1.39. The normalized spacial score (nSPS) is 17.9. The van der Waals surface area contributed by atoms with Crippen molar-refractivity contribution in [1.82, 2.24) is 4.90 Å². The van der Waals surface area contributed by atoms with E-state index in [4.69, 9.17) is 28.9 Å². The molecule has 0 atom stereocenters. The Labute approximate surface area is 117 Å². The van der Waals surface area contributed by atoms with Crippen molar-refractivity contribution >= 4 is 29.1 Å². The molecule has 0 saturated carbocycles. The van der Waals surface area contributed by atoms with Gasteiger partial charge in [0.15, 0.2) is 0 Å². The number of rotatable bonds is 3. The minimum Gasteiger partial charge on any atom is -0.369 e. The van der Waals surface area contributed by atoms with E-state index in [0.717, 1.165) is 38.0 Å². The van der Waals surface area contributed by atoms with E-state index in [1.807, 2.05) is 18.2 Å². The number of piperidine rings is 1. The molecule has 2 N–H and O–H groups in total. The SMILES string of the molecule is NC(=O)C1CCN(Cc2c(Cl)cccc2Cl)CC1. The Hall–Kier alpha value is -0.770. The maximum atomic E-state index is 11.1. The predicted octanol–water partition coefficient (Wildman–Crippen LogP) is 2.69. The smallest absolute Gasteiger partial charge is 0.220 e. The fourth-order valence-corrected chi connectivity index (χ4v) is 2.80. The van der Waals surface area contributed by atoms with E-state index in [2.05, 4.69) is 4.90 Å². The fourth-order valence-electron chi connectivity index (χ4n) is 2.28. The van der Waals surface area contributed by atoms with Gasteiger partial charge in [-0.25, -0.2) is 0 Å². The molecule has 0 aliphatic carbocycles. The van der Waals surface area contributed by atoms with Crippen molar-refractivity contribution in [1.29, 1.82) is 0 Å². The molecule has 18 heavy (non-hydrogen) atoms. The standard InChI is InChI=1S/C13H16Cl2N2O/c14-11-2-1-3-12(15)10(11)8-17-6-4-9(5-7-17)13(16)18/h1-3,9H,4-8H2,(H2,16,18). The number of carbonyl (C=O) groups excluding carboxylic acids is 1. The molecule has 1 saturated heterocycles. The molecule has 1 aliphatic rings. The van der Waals surface area contributed by atoms with Gasteiger partial charge in [0, 0.05) is 28.1 Å². The van der Waals surface area contributed by atoms with Crippen molar-refractivity contribution in [2.75, 3.05) is 13.1 Å². The van der Waals surface area contributed by atoms with Crippen LogP contribution in [0.1, 0.15) is 18.4 Å². The van der Waals surface area contributed by atoms with Crippen LogP contribution in [0.2, 0.25) is 10.0 Å². The minimum atomic E-state index is -0.189. The van der Waals surface area contributed by atoms with Crippen molar-refractivity contribution in [3.8, 4) is 0 Å². The lowest BCUT2D eigenvalue weighted by Gasteiger charge is -2.30. The molecule has 1 aliphatic heterocycles. The average molecular weight is 287 g/mol. The van der Waals surface area contributed by atoms with Crippen LogP contribution in [0.4, 0.5) is 0 Å². The van der Waals surface area contributed by atoms with Crippen molar-refractivity contribution in [3.63, 3.8) is 0 Å². The van der Waals surface area contributed by atoms with Gasteiger partial charge in [-0.2, -0.15) is 0 Å².